The van der Waals surface area contributed by atoms with Gasteiger partial charge in [-0.2, -0.15) is 0 Å². The standard InChI is InChI=1S/C15H22FN3/c1-17-10-12-7-13(16)9-15(8-12)19-6-5-18-4-2-3-14(18)11-19/h7-9,14,17H,2-6,10-11H2,1H3. The van der Waals surface area contributed by atoms with E-state index in [0.717, 1.165) is 30.9 Å². The third kappa shape index (κ3) is 2.74. The van der Waals surface area contributed by atoms with Crippen molar-refractivity contribution in [2.24, 2.45) is 0 Å². The van der Waals surface area contributed by atoms with Gasteiger partial charge in [-0.05, 0) is 50.2 Å². The Morgan fingerprint density at radius 3 is 3.00 bits per heavy atom. The fourth-order valence-electron chi connectivity index (χ4n) is 3.35. The Balaban J connectivity index is 1.77. The molecule has 1 unspecified atom stereocenters. The molecule has 1 aromatic carbocycles. The van der Waals surface area contributed by atoms with Crippen LogP contribution < -0.4 is 10.2 Å². The van der Waals surface area contributed by atoms with Gasteiger partial charge in [0, 0.05) is 37.9 Å². The monoisotopic (exact) mass is 263 g/mol. The van der Waals surface area contributed by atoms with Crippen LogP contribution in [-0.2, 0) is 6.54 Å². The van der Waals surface area contributed by atoms with Crippen molar-refractivity contribution in [3.8, 4) is 0 Å². The van der Waals surface area contributed by atoms with Crippen LogP contribution in [0.1, 0.15) is 18.4 Å². The van der Waals surface area contributed by atoms with E-state index in [9.17, 15) is 4.39 Å². The fourth-order valence-corrected chi connectivity index (χ4v) is 3.35. The van der Waals surface area contributed by atoms with Crippen LogP contribution in [0.4, 0.5) is 10.1 Å². The second-order valence-corrected chi connectivity index (χ2v) is 5.63. The van der Waals surface area contributed by atoms with E-state index >= 15 is 0 Å². The molecule has 2 heterocycles. The third-order valence-corrected chi connectivity index (χ3v) is 4.28. The summed E-state index contributed by atoms with van der Waals surface area (Å²) in [6.45, 7) is 5.13. The third-order valence-electron chi connectivity index (χ3n) is 4.28. The van der Waals surface area contributed by atoms with E-state index < -0.39 is 0 Å². The first-order chi connectivity index (χ1) is 9.26. The molecule has 0 amide bonds. The van der Waals surface area contributed by atoms with E-state index in [1.807, 2.05) is 7.05 Å². The summed E-state index contributed by atoms with van der Waals surface area (Å²) in [4.78, 5) is 4.92. The van der Waals surface area contributed by atoms with Crippen LogP contribution in [0.25, 0.3) is 0 Å². The zero-order valence-corrected chi connectivity index (χ0v) is 11.5. The molecular formula is C15H22FN3. The number of fused-ring (bicyclic) bond motifs is 1. The normalized spacial score (nSPS) is 23.7. The highest BCUT2D eigenvalue weighted by Crippen LogP contribution is 2.26. The Hall–Kier alpha value is -1.13. The molecule has 2 saturated heterocycles. The van der Waals surface area contributed by atoms with Crippen LogP contribution in [-0.4, -0.2) is 44.2 Å². The van der Waals surface area contributed by atoms with Crippen LogP contribution in [0.15, 0.2) is 18.2 Å². The van der Waals surface area contributed by atoms with Crippen LogP contribution in [0, 0.1) is 5.82 Å². The summed E-state index contributed by atoms with van der Waals surface area (Å²) in [5.41, 5.74) is 2.06. The van der Waals surface area contributed by atoms with Gasteiger partial charge < -0.3 is 10.2 Å². The number of benzene rings is 1. The maximum absolute atomic E-state index is 13.7. The van der Waals surface area contributed by atoms with Crippen LogP contribution in [0.5, 0.6) is 0 Å². The molecule has 1 atom stereocenters. The fraction of sp³-hybridized carbons (Fsp3) is 0.600. The van der Waals surface area contributed by atoms with Crippen molar-refractivity contribution < 1.29 is 4.39 Å². The van der Waals surface area contributed by atoms with Gasteiger partial charge in [0.1, 0.15) is 5.82 Å². The number of hydrogen-bond donors (Lipinski definition) is 1. The minimum Gasteiger partial charge on any atom is -0.369 e. The van der Waals surface area contributed by atoms with E-state index in [1.165, 1.54) is 19.4 Å². The molecule has 3 nitrogen and oxygen atoms in total. The molecule has 0 saturated carbocycles. The van der Waals surface area contributed by atoms with Crippen molar-refractivity contribution in [3.05, 3.63) is 29.6 Å². The highest BCUT2D eigenvalue weighted by atomic mass is 19.1. The lowest BCUT2D eigenvalue weighted by Crippen LogP contribution is -2.50. The molecule has 2 aliphatic rings. The van der Waals surface area contributed by atoms with Gasteiger partial charge in [-0.1, -0.05) is 0 Å². The summed E-state index contributed by atoms with van der Waals surface area (Å²) in [7, 11) is 1.89. The lowest BCUT2D eigenvalue weighted by Gasteiger charge is -2.39. The van der Waals surface area contributed by atoms with Gasteiger partial charge in [0.15, 0.2) is 0 Å². The van der Waals surface area contributed by atoms with Gasteiger partial charge in [0.05, 0.1) is 0 Å². The van der Waals surface area contributed by atoms with Crippen molar-refractivity contribution in [1.29, 1.82) is 0 Å². The van der Waals surface area contributed by atoms with Crippen LogP contribution in [0.2, 0.25) is 0 Å². The number of nitrogens with zero attached hydrogens (tertiary/aromatic N) is 2. The SMILES string of the molecule is CNCc1cc(F)cc(N2CCN3CCCC3C2)c1. The Kier molecular flexibility index (Phi) is 3.71. The molecule has 2 aliphatic heterocycles. The van der Waals surface area contributed by atoms with Crippen molar-refractivity contribution >= 4 is 5.69 Å². The molecule has 4 heteroatoms. The molecule has 104 valence electrons. The molecule has 0 bridgehead atoms. The van der Waals surface area contributed by atoms with Gasteiger partial charge in [0.25, 0.3) is 0 Å². The Labute approximate surface area is 114 Å². The number of rotatable bonds is 3. The molecule has 0 aliphatic carbocycles. The van der Waals surface area contributed by atoms with Gasteiger partial charge >= 0.3 is 0 Å². The molecule has 2 fully saturated rings. The van der Waals surface area contributed by atoms with Gasteiger partial charge in [-0.3, -0.25) is 4.90 Å². The van der Waals surface area contributed by atoms with Crippen LogP contribution >= 0.6 is 0 Å². The Morgan fingerprint density at radius 2 is 2.16 bits per heavy atom. The molecular weight excluding hydrogens is 241 g/mol. The summed E-state index contributed by atoms with van der Waals surface area (Å²) in [6, 6.07) is 6.07. The van der Waals surface area contributed by atoms with Gasteiger partial charge in [-0.25, -0.2) is 4.39 Å². The zero-order valence-electron chi connectivity index (χ0n) is 11.5. The number of halogens is 1. The molecule has 0 spiro atoms. The van der Waals surface area contributed by atoms with Crippen LogP contribution in [0.3, 0.4) is 0 Å². The molecule has 0 radical (unpaired) electrons. The first-order valence-corrected chi connectivity index (χ1v) is 7.19. The number of piperazine rings is 1. The lowest BCUT2D eigenvalue weighted by molar-refractivity contribution is 0.231. The van der Waals surface area contributed by atoms with Gasteiger partial charge in [0.2, 0.25) is 0 Å². The number of anilines is 1. The predicted molar refractivity (Wildman–Crippen MR) is 76.0 cm³/mol. The smallest absolute Gasteiger partial charge is 0.125 e. The molecule has 19 heavy (non-hydrogen) atoms. The summed E-state index contributed by atoms with van der Waals surface area (Å²) < 4.78 is 13.7. The average molecular weight is 263 g/mol. The van der Waals surface area contributed by atoms with E-state index in [0.29, 0.717) is 12.6 Å². The first kappa shape index (κ1) is 12.9. The topological polar surface area (TPSA) is 18.5 Å². The predicted octanol–water partition coefficient (Wildman–Crippen LogP) is 1.83. The summed E-state index contributed by atoms with van der Waals surface area (Å²) in [5.74, 6) is -0.128. The average Bonchev–Trinajstić information content (AvgIpc) is 2.85. The quantitative estimate of drug-likeness (QED) is 0.897. The maximum atomic E-state index is 13.7. The second-order valence-electron chi connectivity index (χ2n) is 5.63. The number of nitrogens with one attached hydrogen (secondary N) is 1. The Morgan fingerprint density at radius 1 is 1.26 bits per heavy atom. The van der Waals surface area contributed by atoms with Crippen molar-refractivity contribution in [2.75, 3.05) is 38.1 Å². The van der Waals surface area contributed by atoms with Crippen molar-refractivity contribution in [3.63, 3.8) is 0 Å². The minimum atomic E-state index is -0.128. The van der Waals surface area contributed by atoms with E-state index in [4.69, 9.17) is 0 Å². The van der Waals surface area contributed by atoms with E-state index in [-0.39, 0.29) is 5.82 Å². The Bertz CT molecular complexity index is 449. The summed E-state index contributed by atoms with van der Waals surface area (Å²) in [6.07, 6.45) is 2.60. The van der Waals surface area contributed by atoms with E-state index in [1.54, 1.807) is 12.1 Å². The minimum absolute atomic E-state index is 0.128. The summed E-state index contributed by atoms with van der Waals surface area (Å²) >= 11 is 0. The van der Waals surface area contributed by atoms with E-state index in [2.05, 4.69) is 21.2 Å². The molecule has 1 aromatic rings. The van der Waals surface area contributed by atoms with Crippen molar-refractivity contribution in [2.45, 2.75) is 25.4 Å². The second kappa shape index (κ2) is 5.47. The molecule has 3 rings (SSSR count). The lowest BCUT2D eigenvalue weighted by atomic mass is 10.1. The summed E-state index contributed by atoms with van der Waals surface area (Å²) in [5, 5.41) is 3.08. The zero-order chi connectivity index (χ0) is 13.2. The van der Waals surface area contributed by atoms with Gasteiger partial charge in [-0.15, -0.1) is 0 Å². The highest BCUT2D eigenvalue weighted by molar-refractivity contribution is 5.50. The highest BCUT2D eigenvalue weighted by Gasteiger charge is 2.30. The maximum Gasteiger partial charge on any atom is 0.125 e. The van der Waals surface area contributed by atoms with Crippen molar-refractivity contribution in [1.82, 2.24) is 10.2 Å². The molecule has 0 aromatic heterocycles. The molecule has 1 N–H and O–H groups in total. The first-order valence-electron chi connectivity index (χ1n) is 7.19. The number of hydrogen-bond acceptors (Lipinski definition) is 3. The largest absolute Gasteiger partial charge is 0.369 e.